The smallest absolute Gasteiger partial charge is 0.286 e. The van der Waals surface area contributed by atoms with Crippen molar-refractivity contribution in [3.63, 3.8) is 0 Å². The van der Waals surface area contributed by atoms with Crippen molar-refractivity contribution in [1.29, 1.82) is 10.5 Å². The quantitative estimate of drug-likeness (QED) is 0.633. The van der Waals surface area contributed by atoms with Gasteiger partial charge in [0.1, 0.15) is 23.3 Å². The van der Waals surface area contributed by atoms with Gasteiger partial charge in [-0.15, -0.1) is 0 Å². The Morgan fingerprint density at radius 2 is 2.00 bits per heavy atom. The molecule has 110 valence electrons. The lowest BCUT2D eigenvalue weighted by molar-refractivity contribution is -0.410. The number of hydrogen-bond acceptors (Lipinski definition) is 4. The molecule has 7 heteroatoms. The number of hydrogen-bond donors (Lipinski definition) is 1. The fraction of sp³-hybridized carbons (Fsp3) is 0.133. The van der Waals surface area contributed by atoms with Crippen LogP contribution in [0.3, 0.4) is 0 Å². The molecule has 0 radical (unpaired) electrons. The SMILES string of the molecule is N#Cc1c(N)[nH+]c(SCCBr)c(C#N)c1-c1cccc(Cl)c1. The van der Waals surface area contributed by atoms with Crippen molar-refractivity contribution in [2.75, 3.05) is 16.8 Å². The molecule has 0 aliphatic heterocycles. The Hall–Kier alpha value is -1.73. The molecule has 0 bridgehead atoms. The highest BCUT2D eigenvalue weighted by molar-refractivity contribution is 9.09. The number of aromatic nitrogens is 1. The zero-order chi connectivity index (χ0) is 16.1. The number of nitrogens with zero attached hydrogens (tertiary/aromatic N) is 2. The van der Waals surface area contributed by atoms with E-state index < -0.39 is 0 Å². The molecule has 0 fully saturated rings. The summed E-state index contributed by atoms with van der Waals surface area (Å²) in [5.41, 5.74) is 7.82. The molecule has 0 spiro atoms. The van der Waals surface area contributed by atoms with E-state index in [4.69, 9.17) is 17.3 Å². The Labute approximate surface area is 146 Å². The zero-order valence-corrected chi connectivity index (χ0v) is 14.5. The van der Waals surface area contributed by atoms with Crippen LogP contribution in [0.25, 0.3) is 11.1 Å². The second-order valence-corrected chi connectivity index (χ2v) is 6.60. The number of nitrogen functional groups attached to an aromatic ring is 1. The van der Waals surface area contributed by atoms with E-state index in [1.165, 1.54) is 11.8 Å². The topological polar surface area (TPSA) is 87.7 Å². The fourth-order valence-electron chi connectivity index (χ4n) is 2.02. The second kappa shape index (κ2) is 7.51. The molecule has 3 N–H and O–H groups in total. The van der Waals surface area contributed by atoms with Crippen LogP contribution in [0.5, 0.6) is 0 Å². The first-order valence-corrected chi connectivity index (χ1v) is 8.74. The van der Waals surface area contributed by atoms with E-state index in [1.54, 1.807) is 24.3 Å². The lowest BCUT2D eigenvalue weighted by Crippen LogP contribution is -2.18. The molecule has 22 heavy (non-hydrogen) atoms. The molecule has 2 rings (SSSR count). The molecule has 0 amide bonds. The van der Waals surface area contributed by atoms with Crippen LogP contribution in [0.15, 0.2) is 29.3 Å². The fourth-order valence-corrected chi connectivity index (χ4v) is 3.46. The van der Waals surface area contributed by atoms with E-state index >= 15 is 0 Å². The van der Waals surface area contributed by atoms with E-state index in [1.807, 2.05) is 0 Å². The van der Waals surface area contributed by atoms with Crippen LogP contribution >= 0.6 is 39.3 Å². The van der Waals surface area contributed by atoms with E-state index in [0.717, 1.165) is 11.1 Å². The van der Waals surface area contributed by atoms with Gasteiger partial charge in [0.25, 0.3) is 5.82 Å². The summed E-state index contributed by atoms with van der Waals surface area (Å²) in [5.74, 6) is 1.01. The molecule has 0 aliphatic carbocycles. The summed E-state index contributed by atoms with van der Waals surface area (Å²) < 4.78 is 0. The summed E-state index contributed by atoms with van der Waals surface area (Å²) in [7, 11) is 0. The zero-order valence-electron chi connectivity index (χ0n) is 11.4. The monoisotopic (exact) mass is 393 g/mol. The molecule has 1 heterocycles. The largest absolute Gasteiger partial charge is 0.289 e. The number of aromatic amines is 1. The Morgan fingerprint density at radius 3 is 2.59 bits per heavy atom. The Bertz CT molecular complexity index is 795. The maximum atomic E-state index is 9.56. The van der Waals surface area contributed by atoms with E-state index in [2.05, 4.69) is 33.1 Å². The normalized spacial score (nSPS) is 10.0. The molecule has 0 unspecified atom stereocenters. The average molecular weight is 395 g/mol. The molecule has 0 saturated carbocycles. The molecule has 1 aromatic heterocycles. The molecule has 2 aromatic rings. The van der Waals surface area contributed by atoms with Crippen molar-refractivity contribution in [2.24, 2.45) is 0 Å². The molecule has 0 saturated heterocycles. The van der Waals surface area contributed by atoms with Crippen LogP contribution in [-0.2, 0) is 0 Å². The number of pyridine rings is 1. The lowest BCUT2D eigenvalue weighted by atomic mass is 9.97. The third-order valence-corrected chi connectivity index (χ3v) is 5.06. The standard InChI is InChI=1S/C15H10BrClN4S/c16-4-5-22-15-12(8-19)13(11(7-18)14(20)21-15)9-2-1-3-10(17)6-9/h1-3,6H,4-5H2,(H2,20,21)/p+1. The minimum Gasteiger partial charge on any atom is -0.286 e. The van der Waals surface area contributed by atoms with Gasteiger partial charge in [-0.25, -0.2) is 4.98 Å². The predicted molar refractivity (Wildman–Crippen MR) is 91.8 cm³/mol. The number of halogens is 2. The third kappa shape index (κ3) is 3.36. The van der Waals surface area contributed by atoms with Crippen molar-refractivity contribution < 1.29 is 4.98 Å². The first-order chi connectivity index (χ1) is 10.6. The van der Waals surface area contributed by atoms with E-state index in [9.17, 15) is 10.5 Å². The number of nitrogens with two attached hydrogens (primary N) is 1. The van der Waals surface area contributed by atoms with E-state index in [-0.39, 0.29) is 11.4 Å². The second-order valence-electron chi connectivity index (χ2n) is 4.26. The number of anilines is 1. The van der Waals surface area contributed by atoms with Gasteiger partial charge >= 0.3 is 0 Å². The van der Waals surface area contributed by atoms with Crippen LogP contribution in [0.1, 0.15) is 11.1 Å². The Kier molecular flexibility index (Phi) is 5.68. The summed E-state index contributed by atoms with van der Waals surface area (Å²) >= 11 is 10.9. The summed E-state index contributed by atoms with van der Waals surface area (Å²) in [6.07, 6.45) is 0. The minimum atomic E-state index is 0.244. The first kappa shape index (κ1) is 16.6. The maximum Gasteiger partial charge on any atom is 0.289 e. The minimum absolute atomic E-state index is 0.244. The van der Waals surface area contributed by atoms with Gasteiger partial charge in [-0.2, -0.15) is 10.5 Å². The molecule has 1 aromatic carbocycles. The number of thioether (sulfide) groups is 1. The van der Waals surface area contributed by atoms with Gasteiger partial charge in [0, 0.05) is 21.7 Å². The van der Waals surface area contributed by atoms with Crippen LogP contribution in [0.2, 0.25) is 5.02 Å². The lowest BCUT2D eigenvalue weighted by Gasteiger charge is -2.10. The van der Waals surface area contributed by atoms with Crippen molar-refractivity contribution >= 4 is 45.1 Å². The Morgan fingerprint density at radius 1 is 1.27 bits per heavy atom. The number of nitrogens with one attached hydrogen (secondary N) is 1. The molecular weight excluding hydrogens is 384 g/mol. The Balaban J connectivity index is 2.77. The highest BCUT2D eigenvalue weighted by Gasteiger charge is 2.23. The molecule has 0 aliphatic rings. The van der Waals surface area contributed by atoms with Gasteiger partial charge in [-0.1, -0.05) is 51.4 Å². The summed E-state index contributed by atoms with van der Waals surface area (Å²) in [5, 5.41) is 20.9. The van der Waals surface area contributed by atoms with E-state index in [0.29, 0.717) is 26.7 Å². The van der Waals surface area contributed by atoms with Gasteiger partial charge in [-0.05, 0) is 17.7 Å². The van der Waals surface area contributed by atoms with Gasteiger partial charge in [0.15, 0.2) is 5.03 Å². The summed E-state index contributed by atoms with van der Waals surface area (Å²) in [6.45, 7) is 0. The summed E-state index contributed by atoms with van der Waals surface area (Å²) in [6, 6.07) is 11.3. The van der Waals surface area contributed by atoms with Crippen LogP contribution in [0.4, 0.5) is 5.82 Å². The molecular formula is C15H11BrClN4S+. The van der Waals surface area contributed by atoms with Gasteiger partial charge < -0.3 is 0 Å². The summed E-state index contributed by atoms with van der Waals surface area (Å²) in [4.78, 5) is 2.95. The van der Waals surface area contributed by atoms with Crippen molar-refractivity contribution in [2.45, 2.75) is 5.03 Å². The van der Waals surface area contributed by atoms with Gasteiger partial charge in [-0.3, -0.25) is 5.73 Å². The third-order valence-electron chi connectivity index (χ3n) is 2.91. The highest BCUT2D eigenvalue weighted by Crippen LogP contribution is 2.34. The predicted octanol–water partition coefficient (Wildman–Crippen LogP) is 3.63. The van der Waals surface area contributed by atoms with Crippen LogP contribution < -0.4 is 10.7 Å². The number of alkyl halides is 1. The highest BCUT2D eigenvalue weighted by atomic mass is 79.9. The van der Waals surface area contributed by atoms with Crippen molar-refractivity contribution in [1.82, 2.24) is 0 Å². The van der Waals surface area contributed by atoms with Gasteiger partial charge in [0.2, 0.25) is 0 Å². The maximum absolute atomic E-state index is 9.56. The average Bonchev–Trinajstić information content (AvgIpc) is 2.52. The van der Waals surface area contributed by atoms with Gasteiger partial charge in [0.05, 0.1) is 0 Å². The molecule has 0 atom stereocenters. The first-order valence-electron chi connectivity index (χ1n) is 6.26. The molecule has 4 nitrogen and oxygen atoms in total. The number of benzene rings is 1. The van der Waals surface area contributed by atoms with Crippen LogP contribution in [-0.4, -0.2) is 11.1 Å². The van der Waals surface area contributed by atoms with Crippen molar-refractivity contribution in [3.05, 3.63) is 40.4 Å². The number of nitriles is 2. The number of rotatable bonds is 4. The number of H-pyrrole nitrogens is 1. The van der Waals surface area contributed by atoms with Crippen molar-refractivity contribution in [3.8, 4) is 23.3 Å². The van der Waals surface area contributed by atoms with Crippen LogP contribution in [0, 0.1) is 22.7 Å².